The van der Waals surface area contributed by atoms with E-state index in [0.717, 1.165) is 18.4 Å². The summed E-state index contributed by atoms with van der Waals surface area (Å²) in [6.07, 6.45) is 0. The highest BCUT2D eigenvalue weighted by Gasteiger charge is 2.20. The van der Waals surface area contributed by atoms with Crippen LogP contribution in [0, 0.1) is 5.82 Å². The number of hydrogen-bond donors (Lipinski definition) is 0. The first-order chi connectivity index (χ1) is 6.07. The number of methoxy groups -OCH3 is 1. The molecule has 0 aliphatic heterocycles. The van der Waals surface area contributed by atoms with E-state index in [0.29, 0.717) is 0 Å². The van der Waals surface area contributed by atoms with Crippen molar-refractivity contribution >= 4 is 23.1 Å². The largest absolute Gasteiger partial charge is 0.465 e. The van der Waals surface area contributed by atoms with Crippen LogP contribution in [0.15, 0.2) is 5.38 Å². The van der Waals surface area contributed by atoms with Crippen LogP contribution in [0.2, 0.25) is 0 Å². The van der Waals surface area contributed by atoms with Gasteiger partial charge in [0.15, 0.2) is 11.6 Å². The highest BCUT2D eigenvalue weighted by Crippen LogP contribution is 2.21. The Kier molecular flexibility index (Phi) is 2.77. The van der Waals surface area contributed by atoms with Crippen molar-refractivity contribution in [3.63, 3.8) is 0 Å². The van der Waals surface area contributed by atoms with E-state index in [9.17, 15) is 14.0 Å². The van der Waals surface area contributed by atoms with Crippen LogP contribution in [-0.4, -0.2) is 18.9 Å². The highest BCUT2D eigenvalue weighted by molar-refractivity contribution is 7.12. The highest BCUT2D eigenvalue weighted by atomic mass is 32.1. The monoisotopic (exact) mass is 202 g/mol. The van der Waals surface area contributed by atoms with Crippen molar-refractivity contribution in [1.82, 2.24) is 0 Å². The maximum absolute atomic E-state index is 13.2. The van der Waals surface area contributed by atoms with Crippen LogP contribution in [-0.2, 0) is 4.74 Å². The Morgan fingerprint density at radius 2 is 2.15 bits per heavy atom. The molecule has 0 aliphatic carbocycles. The van der Waals surface area contributed by atoms with Gasteiger partial charge in [-0.15, -0.1) is 11.3 Å². The Bertz CT molecular complexity index is 356. The van der Waals surface area contributed by atoms with E-state index in [-0.39, 0.29) is 10.4 Å². The number of esters is 1. The normalized spacial score (nSPS) is 9.77. The molecule has 1 rings (SSSR count). The van der Waals surface area contributed by atoms with E-state index in [1.165, 1.54) is 12.3 Å². The summed E-state index contributed by atoms with van der Waals surface area (Å²) in [5.74, 6) is -1.94. The van der Waals surface area contributed by atoms with E-state index >= 15 is 0 Å². The van der Waals surface area contributed by atoms with Crippen LogP contribution in [0.1, 0.15) is 27.0 Å². The third-order valence-electron chi connectivity index (χ3n) is 1.48. The molecule has 1 aromatic heterocycles. The van der Waals surface area contributed by atoms with Crippen molar-refractivity contribution in [3.8, 4) is 0 Å². The van der Waals surface area contributed by atoms with Gasteiger partial charge in [-0.2, -0.15) is 0 Å². The minimum atomic E-state index is -0.788. The number of ketones is 1. The molecule has 0 radical (unpaired) electrons. The van der Waals surface area contributed by atoms with Gasteiger partial charge in [0.1, 0.15) is 4.88 Å². The lowest BCUT2D eigenvalue weighted by Gasteiger charge is -1.94. The fraction of sp³-hybridized carbons (Fsp3) is 0.250. The SMILES string of the molecule is COC(=O)c1scc(C(C)=O)c1F. The standard InChI is InChI=1S/C8H7FO3S/c1-4(10)5-3-13-7(6(5)9)8(11)12-2/h3H,1-2H3. The maximum Gasteiger partial charge on any atom is 0.351 e. The molecular formula is C8H7FO3S. The fourth-order valence-electron chi connectivity index (χ4n) is 0.812. The van der Waals surface area contributed by atoms with Gasteiger partial charge in [-0.25, -0.2) is 9.18 Å². The summed E-state index contributed by atoms with van der Waals surface area (Å²) in [6, 6.07) is 0. The molecule has 0 bridgehead atoms. The Hall–Kier alpha value is -1.23. The molecule has 0 unspecified atom stereocenters. The van der Waals surface area contributed by atoms with Crippen molar-refractivity contribution in [2.75, 3.05) is 7.11 Å². The average Bonchev–Trinajstić information content (AvgIpc) is 2.46. The first-order valence-corrected chi connectivity index (χ1v) is 4.32. The predicted molar refractivity (Wildman–Crippen MR) is 45.6 cm³/mol. The van der Waals surface area contributed by atoms with Crippen LogP contribution in [0.3, 0.4) is 0 Å². The number of Topliss-reactive ketones (excluding diaryl/α,β-unsaturated/α-hetero) is 1. The van der Waals surface area contributed by atoms with Gasteiger partial charge in [0.05, 0.1) is 12.7 Å². The molecule has 0 fully saturated rings. The van der Waals surface area contributed by atoms with E-state index in [4.69, 9.17) is 0 Å². The topological polar surface area (TPSA) is 43.4 Å². The zero-order chi connectivity index (χ0) is 10.0. The summed E-state index contributed by atoms with van der Waals surface area (Å²) in [4.78, 5) is 21.6. The summed E-state index contributed by atoms with van der Waals surface area (Å²) in [5.41, 5.74) is -0.0644. The second-order valence-corrected chi connectivity index (χ2v) is 3.22. The van der Waals surface area contributed by atoms with Gasteiger partial charge in [0.2, 0.25) is 0 Å². The van der Waals surface area contributed by atoms with Crippen molar-refractivity contribution in [2.45, 2.75) is 6.92 Å². The molecule has 0 saturated carbocycles. The predicted octanol–water partition coefficient (Wildman–Crippen LogP) is 1.88. The zero-order valence-corrected chi connectivity index (χ0v) is 7.90. The minimum absolute atomic E-state index is 0.0644. The van der Waals surface area contributed by atoms with Gasteiger partial charge in [-0.3, -0.25) is 4.79 Å². The summed E-state index contributed by atoms with van der Waals surface area (Å²) in [6.45, 7) is 1.24. The van der Waals surface area contributed by atoms with Gasteiger partial charge in [0.25, 0.3) is 0 Å². The van der Waals surface area contributed by atoms with Gasteiger partial charge < -0.3 is 4.74 Å². The van der Waals surface area contributed by atoms with E-state index in [1.54, 1.807) is 0 Å². The smallest absolute Gasteiger partial charge is 0.351 e. The van der Waals surface area contributed by atoms with E-state index < -0.39 is 17.6 Å². The Labute approximate surface area is 78.1 Å². The molecule has 0 aliphatic rings. The third-order valence-corrected chi connectivity index (χ3v) is 2.42. The van der Waals surface area contributed by atoms with Crippen molar-refractivity contribution in [2.24, 2.45) is 0 Å². The average molecular weight is 202 g/mol. The lowest BCUT2D eigenvalue weighted by atomic mass is 10.2. The molecule has 1 aromatic rings. The number of carbonyl (C=O) groups is 2. The van der Waals surface area contributed by atoms with Crippen molar-refractivity contribution in [1.29, 1.82) is 0 Å². The number of halogens is 1. The molecule has 0 aromatic carbocycles. The van der Waals surface area contributed by atoms with E-state index in [1.807, 2.05) is 0 Å². The lowest BCUT2D eigenvalue weighted by Crippen LogP contribution is -2.02. The number of ether oxygens (including phenoxy) is 1. The third kappa shape index (κ3) is 1.75. The minimum Gasteiger partial charge on any atom is -0.465 e. The van der Waals surface area contributed by atoms with Gasteiger partial charge in [-0.05, 0) is 6.92 Å². The molecule has 3 nitrogen and oxygen atoms in total. The molecule has 70 valence electrons. The molecule has 1 heterocycles. The van der Waals surface area contributed by atoms with Gasteiger partial charge >= 0.3 is 5.97 Å². The zero-order valence-electron chi connectivity index (χ0n) is 7.09. The summed E-state index contributed by atoms with van der Waals surface area (Å²) in [7, 11) is 1.16. The number of hydrogen-bond acceptors (Lipinski definition) is 4. The number of thiophene rings is 1. The van der Waals surface area contributed by atoms with E-state index in [2.05, 4.69) is 4.74 Å². The van der Waals surface area contributed by atoms with Crippen molar-refractivity contribution in [3.05, 3.63) is 21.6 Å². The molecule has 0 amide bonds. The van der Waals surface area contributed by atoms with Crippen molar-refractivity contribution < 1.29 is 18.7 Å². The Balaban J connectivity index is 3.13. The van der Waals surface area contributed by atoms with Gasteiger partial charge in [0, 0.05) is 5.38 Å². The maximum atomic E-state index is 13.2. The Morgan fingerprint density at radius 3 is 2.54 bits per heavy atom. The molecule has 0 saturated heterocycles. The van der Waals surface area contributed by atoms with Gasteiger partial charge in [-0.1, -0.05) is 0 Å². The molecule has 5 heteroatoms. The Morgan fingerprint density at radius 1 is 1.54 bits per heavy atom. The number of rotatable bonds is 2. The second-order valence-electron chi connectivity index (χ2n) is 2.34. The molecule has 0 atom stereocenters. The molecule has 0 spiro atoms. The summed E-state index contributed by atoms with van der Waals surface area (Å²) < 4.78 is 17.5. The van der Waals surface area contributed by atoms with Crippen LogP contribution in [0.4, 0.5) is 4.39 Å². The van der Waals surface area contributed by atoms with Crippen LogP contribution in [0.5, 0.6) is 0 Å². The molecule has 0 N–H and O–H groups in total. The quantitative estimate of drug-likeness (QED) is 0.543. The molecular weight excluding hydrogens is 195 g/mol. The lowest BCUT2D eigenvalue weighted by molar-refractivity contribution is 0.0601. The van der Waals surface area contributed by atoms with Crippen LogP contribution in [0.25, 0.3) is 0 Å². The van der Waals surface area contributed by atoms with Crippen LogP contribution < -0.4 is 0 Å². The summed E-state index contributed by atoms with van der Waals surface area (Å²) >= 11 is 0.867. The first kappa shape index (κ1) is 9.85. The number of carbonyl (C=O) groups excluding carboxylic acids is 2. The van der Waals surface area contributed by atoms with Crippen LogP contribution >= 0.6 is 11.3 Å². The second kappa shape index (κ2) is 3.66. The first-order valence-electron chi connectivity index (χ1n) is 3.44. The molecule has 13 heavy (non-hydrogen) atoms. The fourth-order valence-corrected chi connectivity index (χ4v) is 1.71. The summed E-state index contributed by atoms with van der Waals surface area (Å²) in [5, 5.41) is 1.31.